The Labute approximate surface area is 253 Å². The van der Waals surface area contributed by atoms with Crippen molar-refractivity contribution in [1.29, 1.82) is 0 Å². The molecule has 6 N–H and O–H groups in total. The maximum Gasteiger partial charge on any atom is 1.00 e. The standard InChI is InChI=1S/C18H19N11O6S3.Na/c19-17-22-7(5-37-17)9(25-35-8-1-2-21-12(8)30)13(31)23-10-14(32)28-11(16(33)34)6(3-36-15(10)28)4-38-18-24-26-27-29(18)20;/h5,8,10,15H,1-4,20H2,(H2,19,22)(H,21,30)(H,23,31)(H,33,34);/q;+1/p-1/b25-9-;/t8-,10-,15+;/m1./s1. The van der Waals surface area contributed by atoms with Gasteiger partial charge in [-0.15, -0.1) is 27.9 Å². The summed E-state index contributed by atoms with van der Waals surface area (Å²) >= 11 is 3.43. The average Bonchev–Trinajstić information content (AvgIpc) is 3.62. The molecule has 2 fully saturated rings. The molecule has 3 aliphatic rings. The molecule has 2 aromatic rings. The fraction of sp³-hybridized carbons (Fsp3) is 0.389. The molecule has 21 heteroatoms. The van der Waals surface area contributed by atoms with Crippen molar-refractivity contribution in [3.8, 4) is 0 Å². The van der Waals surface area contributed by atoms with Crippen LogP contribution in [0.15, 0.2) is 27.0 Å². The number of hydrogen-bond donors (Lipinski definition) is 4. The molecule has 2 saturated heterocycles. The SMILES string of the molecule is Nc1nc(/C(=N/O[C@@H]2CCNC2=O)C(=O)N[C@@H]2C(=O)N3C(C(=O)[O-])=C(CSc4nnnn4N)CS[C@@H]23)cs1.[Na+]. The van der Waals surface area contributed by atoms with E-state index in [0.717, 1.165) is 32.8 Å². The first-order chi connectivity index (χ1) is 18.2. The van der Waals surface area contributed by atoms with E-state index in [1.807, 2.05) is 0 Å². The van der Waals surface area contributed by atoms with E-state index in [-0.39, 0.29) is 74.4 Å². The third-order valence-electron chi connectivity index (χ3n) is 5.61. The Balaban J connectivity index is 0.00000353. The zero-order chi connectivity index (χ0) is 27.0. The third-order valence-corrected chi connectivity index (χ3v) is 8.65. The molecular formula is C18H18N11NaO6S3. The van der Waals surface area contributed by atoms with E-state index in [1.54, 1.807) is 0 Å². The average molecular weight is 604 g/mol. The van der Waals surface area contributed by atoms with E-state index in [0.29, 0.717) is 18.5 Å². The molecule has 0 unspecified atom stereocenters. The number of nitrogens with one attached hydrogen (secondary N) is 2. The molecule has 17 nitrogen and oxygen atoms in total. The number of carbonyl (C=O) groups is 4. The van der Waals surface area contributed by atoms with Crippen molar-refractivity contribution in [2.45, 2.75) is 29.1 Å². The number of nitrogen functional groups attached to an aromatic ring is 2. The second kappa shape index (κ2) is 12.1. The van der Waals surface area contributed by atoms with Crippen molar-refractivity contribution in [2.75, 3.05) is 29.6 Å². The van der Waals surface area contributed by atoms with Crippen LogP contribution in [-0.4, -0.2) is 95.2 Å². The molecule has 5 heterocycles. The molecule has 0 radical (unpaired) electrons. The summed E-state index contributed by atoms with van der Waals surface area (Å²) in [4.78, 5) is 61.3. The minimum absolute atomic E-state index is 0. The Bertz CT molecular complexity index is 1380. The van der Waals surface area contributed by atoms with Gasteiger partial charge in [-0.2, -0.15) is 0 Å². The molecule has 0 aromatic carbocycles. The predicted molar refractivity (Wildman–Crippen MR) is 131 cm³/mol. The number of rotatable bonds is 9. The summed E-state index contributed by atoms with van der Waals surface area (Å²) in [6.07, 6.45) is -0.510. The molecular weight excluding hydrogens is 585 g/mol. The molecule has 200 valence electrons. The first-order valence-electron chi connectivity index (χ1n) is 10.8. The number of β-lactam (4-membered cyclic amide) rings is 1. The minimum atomic E-state index is -1.53. The van der Waals surface area contributed by atoms with Gasteiger partial charge in [-0.3, -0.25) is 19.3 Å². The maximum absolute atomic E-state index is 13.2. The van der Waals surface area contributed by atoms with Gasteiger partial charge in [-0.05, 0) is 16.0 Å². The van der Waals surface area contributed by atoms with E-state index in [4.69, 9.17) is 16.4 Å². The third kappa shape index (κ3) is 5.84. The fourth-order valence-electron chi connectivity index (χ4n) is 3.81. The normalized spacial score (nSPS) is 22.5. The summed E-state index contributed by atoms with van der Waals surface area (Å²) in [7, 11) is 0. The van der Waals surface area contributed by atoms with E-state index >= 15 is 0 Å². The molecule has 0 spiro atoms. The zero-order valence-corrected chi connectivity index (χ0v) is 24.5. The molecule has 3 amide bonds. The second-order valence-electron chi connectivity index (χ2n) is 7.98. The Hall–Kier alpha value is -2.91. The van der Waals surface area contributed by atoms with Gasteiger partial charge in [0.2, 0.25) is 11.3 Å². The second-order valence-corrected chi connectivity index (χ2v) is 10.9. The number of anilines is 1. The molecule has 2 aromatic heterocycles. The van der Waals surface area contributed by atoms with E-state index < -0.39 is 35.3 Å². The van der Waals surface area contributed by atoms with Crippen LogP contribution >= 0.6 is 34.9 Å². The summed E-state index contributed by atoms with van der Waals surface area (Å²) < 4.78 is 0. The van der Waals surface area contributed by atoms with Crippen LogP contribution in [-0.2, 0) is 24.0 Å². The fourth-order valence-corrected chi connectivity index (χ4v) is 6.64. The number of aliphatic carboxylic acids is 1. The van der Waals surface area contributed by atoms with Gasteiger partial charge in [0.05, 0.1) is 11.7 Å². The molecule has 3 atom stereocenters. The van der Waals surface area contributed by atoms with Crippen LogP contribution in [0.1, 0.15) is 12.1 Å². The Morgan fingerprint density at radius 3 is 2.79 bits per heavy atom. The zero-order valence-electron chi connectivity index (χ0n) is 20.1. The topological polar surface area (TPSA) is 249 Å². The van der Waals surface area contributed by atoms with Crippen molar-refractivity contribution in [3.63, 3.8) is 0 Å². The quantitative estimate of drug-likeness (QED) is 0.0519. The Morgan fingerprint density at radius 1 is 1.38 bits per heavy atom. The van der Waals surface area contributed by atoms with Crippen molar-refractivity contribution in [1.82, 2.24) is 40.8 Å². The smallest absolute Gasteiger partial charge is 0.543 e. The first-order valence-corrected chi connectivity index (χ1v) is 13.7. The number of fused-ring (bicyclic) bond motifs is 1. The van der Waals surface area contributed by atoms with E-state index in [1.165, 1.54) is 17.1 Å². The number of tetrazole rings is 1. The number of nitrogens with two attached hydrogens (primary N) is 2. The van der Waals surface area contributed by atoms with Crippen LogP contribution in [0, 0.1) is 0 Å². The van der Waals surface area contributed by atoms with Gasteiger partial charge in [0.1, 0.15) is 17.1 Å². The van der Waals surface area contributed by atoms with Crippen LogP contribution < -0.4 is 56.9 Å². The molecule has 0 saturated carbocycles. The van der Waals surface area contributed by atoms with Crippen molar-refractivity contribution in [3.05, 3.63) is 22.3 Å². The number of amides is 3. The minimum Gasteiger partial charge on any atom is -0.543 e. The Kier molecular flexibility index (Phi) is 9.01. The number of carbonyl (C=O) groups excluding carboxylic acids is 4. The molecule has 0 bridgehead atoms. The number of thiazole rings is 1. The van der Waals surface area contributed by atoms with Gasteiger partial charge in [-0.1, -0.05) is 22.0 Å². The summed E-state index contributed by atoms with van der Waals surface area (Å²) in [6.45, 7) is 0.410. The monoisotopic (exact) mass is 603 g/mol. The number of carboxylic acid groups (broad SMARTS) is 1. The number of nitrogens with zero attached hydrogens (tertiary/aromatic N) is 7. The summed E-state index contributed by atoms with van der Waals surface area (Å²) in [5, 5.41) is 32.8. The summed E-state index contributed by atoms with van der Waals surface area (Å²) in [5.41, 5.74) is 5.65. The van der Waals surface area contributed by atoms with Gasteiger partial charge >= 0.3 is 29.6 Å². The van der Waals surface area contributed by atoms with Crippen molar-refractivity contribution < 1.29 is 58.7 Å². The van der Waals surface area contributed by atoms with Gasteiger partial charge in [-0.25, -0.2) is 4.98 Å². The number of oxime groups is 1. The number of carboxylic acids is 1. The van der Waals surface area contributed by atoms with Crippen LogP contribution in [0.4, 0.5) is 5.13 Å². The van der Waals surface area contributed by atoms with Crippen molar-refractivity contribution in [2.24, 2.45) is 5.16 Å². The van der Waals surface area contributed by atoms with E-state index in [9.17, 15) is 24.3 Å². The Morgan fingerprint density at radius 2 is 2.18 bits per heavy atom. The van der Waals surface area contributed by atoms with Gasteiger partial charge < -0.3 is 36.9 Å². The number of aromatic nitrogens is 5. The maximum atomic E-state index is 13.2. The summed E-state index contributed by atoms with van der Waals surface area (Å²) in [6, 6.07) is -1.05. The largest absolute Gasteiger partial charge is 1.00 e. The summed E-state index contributed by atoms with van der Waals surface area (Å²) in [5.74, 6) is 2.63. The molecule has 3 aliphatic heterocycles. The molecule has 0 aliphatic carbocycles. The number of hydrogen-bond acceptors (Lipinski definition) is 16. The van der Waals surface area contributed by atoms with Crippen LogP contribution in [0.5, 0.6) is 0 Å². The van der Waals surface area contributed by atoms with Crippen LogP contribution in [0.3, 0.4) is 0 Å². The number of thioether (sulfide) groups is 2. The predicted octanol–water partition coefficient (Wildman–Crippen LogP) is -6.76. The van der Waals surface area contributed by atoms with Crippen LogP contribution in [0.2, 0.25) is 0 Å². The molecule has 5 rings (SSSR count). The van der Waals surface area contributed by atoms with Crippen molar-refractivity contribution >= 4 is 69.4 Å². The first kappa shape index (κ1) is 29.1. The van der Waals surface area contributed by atoms with Crippen LogP contribution in [0.25, 0.3) is 0 Å². The molecule has 39 heavy (non-hydrogen) atoms. The van der Waals surface area contributed by atoms with Gasteiger partial charge in [0, 0.05) is 29.9 Å². The van der Waals surface area contributed by atoms with Gasteiger partial charge in [0.25, 0.3) is 17.7 Å². The van der Waals surface area contributed by atoms with E-state index in [2.05, 4.69) is 36.3 Å². The van der Waals surface area contributed by atoms with Gasteiger partial charge in [0.15, 0.2) is 10.8 Å².